The summed E-state index contributed by atoms with van der Waals surface area (Å²) < 4.78 is 1.76. The van der Waals surface area contributed by atoms with Crippen LogP contribution in [0, 0.1) is 0 Å². The largest absolute Gasteiger partial charge is 0.465 e. The summed E-state index contributed by atoms with van der Waals surface area (Å²) in [5.41, 5.74) is 1.94. The van der Waals surface area contributed by atoms with Crippen LogP contribution in [0.1, 0.15) is 13.0 Å². The third kappa shape index (κ3) is 2.88. The van der Waals surface area contributed by atoms with Crippen LogP contribution in [0.25, 0.3) is 11.3 Å². The Morgan fingerprint density at radius 2 is 2.11 bits per heavy atom. The predicted molar refractivity (Wildman–Crippen MR) is 68.4 cm³/mol. The number of nitrogens with one attached hydrogen (secondary N) is 1. The van der Waals surface area contributed by atoms with Crippen molar-refractivity contribution in [2.24, 2.45) is 0 Å². The summed E-state index contributed by atoms with van der Waals surface area (Å²) >= 11 is 0. The van der Waals surface area contributed by atoms with Crippen LogP contribution in [0.3, 0.4) is 0 Å². The molecule has 1 aromatic carbocycles. The minimum Gasteiger partial charge on any atom is -0.465 e. The van der Waals surface area contributed by atoms with Crippen molar-refractivity contribution < 1.29 is 9.90 Å². The van der Waals surface area contributed by atoms with Crippen LogP contribution < -0.4 is 5.32 Å². The Morgan fingerprint density at radius 1 is 1.39 bits per heavy atom. The molecule has 0 saturated heterocycles. The Morgan fingerprint density at radius 3 is 2.78 bits per heavy atom. The van der Waals surface area contributed by atoms with Crippen molar-refractivity contribution in [1.29, 1.82) is 0 Å². The van der Waals surface area contributed by atoms with E-state index in [0.29, 0.717) is 6.54 Å². The summed E-state index contributed by atoms with van der Waals surface area (Å²) in [5, 5.41) is 15.3. The van der Waals surface area contributed by atoms with Gasteiger partial charge in [-0.05, 0) is 13.0 Å². The quantitative estimate of drug-likeness (QED) is 0.869. The zero-order valence-corrected chi connectivity index (χ0v) is 10.1. The Balaban J connectivity index is 2.08. The summed E-state index contributed by atoms with van der Waals surface area (Å²) in [6, 6.07) is 11.8. The highest BCUT2D eigenvalue weighted by atomic mass is 16.4. The molecule has 1 heterocycles. The van der Waals surface area contributed by atoms with Gasteiger partial charge in [0.15, 0.2) is 0 Å². The molecule has 1 atom stereocenters. The highest BCUT2D eigenvalue weighted by Gasteiger charge is 2.08. The molecular weight excluding hydrogens is 230 g/mol. The first kappa shape index (κ1) is 12.2. The number of hydrogen-bond acceptors (Lipinski definition) is 2. The van der Waals surface area contributed by atoms with Gasteiger partial charge >= 0.3 is 6.09 Å². The summed E-state index contributed by atoms with van der Waals surface area (Å²) in [6.45, 7) is 2.25. The maximum absolute atomic E-state index is 10.4. The highest BCUT2D eigenvalue weighted by Crippen LogP contribution is 2.17. The zero-order chi connectivity index (χ0) is 13.0. The molecule has 0 unspecified atom stereocenters. The molecule has 94 valence electrons. The van der Waals surface area contributed by atoms with Gasteiger partial charge in [0.05, 0.1) is 11.7 Å². The fraction of sp³-hybridized carbons (Fsp3) is 0.231. The highest BCUT2D eigenvalue weighted by molar-refractivity contribution is 5.64. The molecule has 0 aliphatic rings. The van der Waals surface area contributed by atoms with Crippen LogP contribution >= 0.6 is 0 Å². The first-order valence-electron chi connectivity index (χ1n) is 5.74. The van der Waals surface area contributed by atoms with E-state index in [4.69, 9.17) is 5.11 Å². The average Bonchev–Trinajstić information content (AvgIpc) is 2.86. The van der Waals surface area contributed by atoms with E-state index < -0.39 is 6.09 Å². The van der Waals surface area contributed by atoms with Crippen LogP contribution in [-0.2, 0) is 0 Å². The van der Waals surface area contributed by atoms with Gasteiger partial charge in [-0.3, -0.25) is 4.68 Å². The first-order valence-corrected chi connectivity index (χ1v) is 5.74. The SMILES string of the molecule is C[C@@H](CNC(=O)O)n1ccc(-c2ccccc2)n1. The second-order valence-electron chi connectivity index (χ2n) is 4.08. The van der Waals surface area contributed by atoms with E-state index in [1.165, 1.54) is 0 Å². The van der Waals surface area contributed by atoms with Gasteiger partial charge in [-0.25, -0.2) is 4.79 Å². The molecule has 5 nitrogen and oxygen atoms in total. The summed E-state index contributed by atoms with van der Waals surface area (Å²) in [4.78, 5) is 10.4. The zero-order valence-electron chi connectivity index (χ0n) is 10.1. The Bertz CT molecular complexity index is 522. The van der Waals surface area contributed by atoms with Crippen molar-refractivity contribution in [3.05, 3.63) is 42.6 Å². The van der Waals surface area contributed by atoms with Gasteiger partial charge in [-0.2, -0.15) is 5.10 Å². The molecule has 5 heteroatoms. The molecule has 0 spiro atoms. The number of amides is 1. The molecule has 2 N–H and O–H groups in total. The van der Waals surface area contributed by atoms with Crippen molar-refractivity contribution in [3.8, 4) is 11.3 Å². The van der Waals surface area contributed by atoms with E-state index in [2.05, 4.69) is 10.4 Å². The molecule has 0 aliphatic carbocycles. The van der Waals surface area contributed by atoms with Crippen LogP contribution in [0.4, 0.5) is 4.79 Å². The Labute approximate surface area is 105 Å². The lowest BCUT2D eigenvalue weighted by Crippen LogP contribution is -2.28. The van der Waals surface area contributed by atoms with E-state index in [1.54, 1.807) is 4.68 Å². The topological polar surface area (TPSA) is 67.2 Å². The lowest BCUT2D eigenvalue weighted by Gasteiger charge is -2.11. The van der Waals surface area contributed by atoms with Crippen LogP contribution in [0.15, 0.2) is 42.6 Å². The number of hydrogen-bond donors (Lipinski definition) is 2. The minimum absolute atomic E-state index is 0.0152. The molecule has 1 amide bonds. The van der Waals surface area contributed by atoms with Crippen molar-refractivity contribution in [1.82, 2.24) is 15.1 Å². The molecule has 1 aromatic heterocycles. The van der Waals surface area contributed by atoms with Gasteiger partial charge in [-0.15, -0.1) is 0 Å². The fourth-order valence-corrected chi connectivity index (χ4v) is 1.67. The van der Waals surface area contributed by atoms with Crippen LogP contribution in [0.5, 0.6) is 0 Å². The normalized spacial score (nSPS) is 12.1. The van der Waals surface area contributed by atoms with E-state index in [1.807, 2.05) is 49.5 Å². The van der Waals surface area contributed by atoms with Gasteiger partial charge < -0.3 is 10.4 Å². The van der Waals surface area contributed by atoms with Crippen LogP contribution in [0.2, 0.25) is 0 Å². The molecule has 2 aromatic rings. The molecular formula is C13H15N3O2. The van der Waals surface area contributed by atoms with Crippen molar-refractivity contribution >= 4 is 6.09 Å². The second-order valence-corrected chi connectivity index (χ2v) is 4.08. The third-order valence-corrected chi connectivity index (χ3v) is 2.68. The Hall–Kier alpha value is -2.30. The van der Waals surface area contributed by atoms with E-state index >= 15 is 0 Å². The predicted octanol–water partition coefficient (Wildman–Crippen LogP) is 2.38. The number of benzene rings is 1. The van der Waals surface area contributed by atoms with E-state index in [9.17, 15) is 4.79 Å². The lowest BCUT2D eigenvalue weighted by molar-refractivity contribution is 0.192. The third-order valence-electron chi connectivity index (χ3n) is 2.68. The number of aromatic nitrogens is 2. The summed E-state index contributed by atoms with van der Waals surface area (Å²) in [6.07, 6.45) is 0.841. The molecule has 18 heavy (non-hydrogen) atoms. The molecule has 0 saturated carbocycles. The minimum atomic E-state index is -1.02. The number of nitrogens with zero attached hydrogens (tertiary/aromatic N) is 2. The van der Waals surface area contributed by atoms with Gasteiger partial charge in [0.2, 0.25) is 0 Å². The first-order chi connectivity index (χ1) is 8.66. The smallest absolute Gasteiger partial charge is 0.404 e. The van der Waals surface area contributed by atoms with Crippen molar-refractivity contribution in [2.75, 3.05) is 6.54 Å². The van der Waals surface area contributed by atoms with Crippen molar-refractivity contribution in [2.45, 2.75) is 13.0 Å². The van der Waals surface area contributed by atoms with E-state index in [0.717, 1.165) is 11.3 Å². The average molecular weight is 245 g/mol. The van der Waals surface area contributed by atoms with Gasteiger partial charge in [0.1, 0.15) is 0 Å². The molecule has 2 rings (SSSR count). The number of carbonyl (C=O) groups is 1. The van der Waals surface area contributed by atoms with Gasteiger partial charge in [-0.1, -0.05) is 30.3 Å². The monoisotopic (exact) mass is 245 g/mol. The standard InChI is InChI=1S/C13H15N3O2/c1-10(9-14-13(17)18)16-8-7-12(15-16)11-5-3-2-4-6-11/h2-8,10,14H,9H2,1H3,(H,17,18)/t10-/m0/s1. The second kappa shape index (κ2) is 5.35. The van der Waals surface area contributed by atoms with Gasteiger partial charge in [0.25, 0.3) is 0 Å². The molecule has 0 bridgehead atoms. The lowest BCUT2D eigenvalue weighted by atomic mass is 10.2. The van der Waals surface area contributed by atoms with Crippen LogP contribution in [-0.4, -0.2) is 27.5 Å². The fourth-order valence-electron chi connectivity index (χ4n) is 1.67. The number of rotatable bonds is 4. The van der Waals surface area contributed by atoms with Crippen molar-refractivity contribution in [3.63, 3.8) is 0 Å². The number of carboxylic acid groups (broad SMARTS) is 1. The summed E-state index contributed by atoms with van der Waals surface area (Å²) in [5.74, 6) is 0. The molecule has 0 aliphatic heterocycles. The van der Waals surface area contributed by atoms with Gasteiger partial charge in [0, 0.05) is 18.3 Å². The maximum Gasteiger partial charge on any atom is 0.404 e. The maximum atomic E-state index is 10.4. The molecule has 0 fully saturated rings. The van der Waals surface area contributed by atoms with E-state index in [-0.39, 0.29) is 6.04 Å². The molecule has 0 radical (unpaired) electrons. The summed E-state index contributed by atoms with van der Waals surface area (Å²) in [7, 11) is 0. The Kier molecular flexibility index (Phi) is 3.62.